The van der Waals surface area contributed by atoms with Crippen LogP contribution in [0.5, 0.6) is 0 Å². The monoisotopic (exact) mass is 398 g/mol. The van der Waals surface area contributed by atoms with E-state index in [1.165, 1.54) is 7.11 Å². The second kappa shape index (κ2) is 8.91. The van der Waals surface area contributed by atoms with E-state index in [9.17, 15) is 14.4 Å². The molecule has 0 spiro atoms. The van der Waals surface area contributed by atoms with Crippen LogP contribution in [0.15, 0.2) is 30.3 Å². The molecule has 0 aliphatic carbocycles. The molecule has 1 saturated heterocycles. The van der Waals surface area contributed by atoms with Gasteiger partial charge in [0, 0.05) is 37.6 Å². The van der Waals surface area contributed by atoms with Gasteiger partial charge < -0.3 is 19.9 Å². The molecule has 1 aromatic heterocycles. The van der Waals surface area contributed by atoms with Gasteiger partial charge in [-0.2, -0.15) is 0 Å². The fourth-order valence-electron chi connectivity index (χ4n) is 3.56. The number of benzene rings is 1. The Labute approximate surface area is 169 Å². The number of methoxy groups -OCH3 is 1. The SMILES string of the molecule is COC(=O)c1c(C)[nH]c(C(=O)N2CCN(CC(=O)Nc3ccccc3)CC2)c1C. The van der Waals surface area contributed by atoms with E-state index >= 15 is 0 Å². The number of hydrogen-bond donors (Lipinski definition) is 2. The Kier molecular flexibility index (Phi) is 6.33. The zero-order valence-corrected chi connectivity index (χ0v) is 16.9. The van der Waals surface area contributed by atoms with E-state index in [2.05, 4.69) is 10.3 Å². The summed E-state index contributed by atoms with van der Waals surface area (Å²) in [4.78, 5) is 43.8. The average Bonchev–Trinajstić information content (AvgIpc) is 3.02. The lowest BCUT2D eigenvalue weighted by Crippen LogP contribution is -2.50. The Morgan fingerprint density at radius 1 is 1.07 bits per heavy atom. The van der Waals surface area contributed by atoms with Crippen LogP contribution in [0.25, 0.3) is 0 Å². The van der Waals surface area contributed by atoms with Crippen molar-refractivity contribution in [3.05, 3.63) is 52.8 Å². The summed E-state index contributed by atoms with van der Waals surface area (Å²) in [5.41, 5.74) is 2.81. The first-order valence-electron chi connectivity index (χ1n) is 9.54. The highest BCUT2D eigenvalue weighted by Gasteiger charge is 2.28. The number of hydrogen-bond acceptors (Lipinski definition) is 5. The molecule has 1 fully saturated rings. The van der Waals surface area contributed by atoms with Crippen molar-refractivity contribution in [3.63, 3.8) is 0 Å². The average molecular weight is 398 g/mol. The summed E-state index contributed by atoms with van der Waals surface area (Å²) in [5, 5.41) is 2.87. The highest BCUT2D eigenvalue weighted by atomic mass is 16.5. The normalized spacial score (nSPS) is 14.5. The standard InChI is InChI=1S/C21H26N4O4/c1-14-18(21(28)29-3)15(2)22-19(14)20(27)25-11-9-24(10-12-25)13-17(26)23-16-7-5-4-6-8-16/h4-8,22H,9-13H2,1-3H3,(H,23,26). The number of para-hydroxylation sites is 1. The number of nitrogens with one attached hydrogen (secondary N) is 2. The number of nitrogens with zero attached hydrogens (tertiary/aromatic N) is 2. The molecule has 2 amide bonds. The zero-order valence-electron chi connectivity index (χ0n) is 16.9. The van der Waals surface area contributed by atoms with Gasteiger partial charge in [0.05, 0.1) is 19.2 Å². The van der Waals surface area contributed by atoms with E-state index in [-0.39, 0.29) is 18.4 Å². The van der Waals surface area contributed by atoms with Gasteiger partial charge >= 0.3 is 5.97 Å². The summed E-state index contributed by atoms with van der Waals surface area (Å²) in [6.07, 6.45) is 0. The molecule has 0 unspecified atom stereocenters. The molecule has 8 heteroatoms. The number of aryl methyl sites for hydroxylation is 1. The molecule has 1 aromatic carbocycles. The Morgan fingerprint density at radius 2 is 1.72 bits per heavy atom. The van der Waals surface area contributed by atoms with E-state index in [4.69, 9.17) is 4.74 Å². The van der Waals surface area contributed by atoms with Crippen molar-refractivity contribution in [3.8, 4) is 0 Å². The van der Waals surface area contributed by atoms with Crippen molar-refractivity contribution in [2.45, 2.75) is 13.8 Å². The molecule has 1 aliphatic rings. The summed E-state index contributed by atoms with van der Waals surface area (Å²) in [5.74, 6) is -0.673. The molecule has 0 bridgehead atoms. The van der Waals surface area contributed by atoms with Crippen LogP contribution >= 0.6 is 0 Å². The quantitative estimate of drug-likeness (QED) is 0.749. The Balaban J connectivity index is 1.56. The molecule has 0 radical (unpaired) electrons. The van der Waals surface area contributed by atoms with E-state index in [0.717, 1.165) is 5.69 Å². The first kappa shape index (κ1) is 20.6. The second-order valence-corrected chi connectivity index (χ2v) is 7.10. The molecular weight excluding hydrogens is 372 g/mol. The second-order valence-electron chi connectivity index (χ2n) is 7.10. The lowest BCUT2D eigenvalue weighted by atomic mass is 10.1. The summed E-state index contributed by atoms with van der Waals surface area (Å²) < 4.78 is 4.80. The molecule has 29 heavy (non-hydrogen) atoms. The lowest BCUT2D eigenvalue weighted by molar-refractivity contribution is -0.117. The van der Waals surface area contributed by atoms with Gasteiger partial charge in [0.1, 0.15) is 5.69 Å². The summed E-state index contributed by atoms with van der Waals surface area (Å²) >= 11 is 0. The molecule has 2 aromatic rings. The number of rotatable bonds is 5. The smallest absolute Gasteiger partial charge is 0.339 e. The minimum Gasteiger partial charge on any atom is -0.465 e. The van der Waals surface area contributed by atoms with Crippen LogP contribution in [0.3, 0.4) is 0 Å². The van der Waals surface area contributed by atoms with Crippen LogP contribution < -0.4 is 5.32 Å². The highest BCUT2D eigenvalue weighted by Crippen LogP contribution is 2.21. The molecule has 1 aliphatic heterocycles. The third kappa shape index (κ3) is 4.65. The molecule has 2 heterocycles. The van der Waals surface area contributed by atoms with Crippen molar-refractivity contribution in [1.82, 2.24) is 14.8 Å². The van der Waals surface area contributed by atoms with Crippen molar-refractivity contribution in [1.29, 1.82) is 0 Å². The van der Waals surface area contributed by atoms with Crippen molar-refractivity contribution < 1.29 is 19.1 Å². The van der Waals surface area contributed by atoms with Crippen LogP contribution in [-0.4, -0.2) is 72.4 Å². The van der Waals surface area contributed by atoms with Gasteiger partial charge in [-0.1, -0.05) is 18.2 Å². The number of piperazine rings is 1. The number of carbonyl (C=O) groups is 3. The zero-order chi connectivity index (χ0) is 21.0. The Morgan fingerprint density at radius 3 is 2.34 bits per heavy atom. The van der Waals surface area contributed by atoms with Gasteiger partial charge in [-0.3, -0.25) is 14.5 Å². The molecule has 2 N–H and O–H groups in total. The third-order valence-corrected chi connectivity index (χ3v) is 5.13. The number of H-pyrrole nitrogens is 1. The van der Waals surface area contributed by atoms with Crippen molar-refractivity contribution >= 4 is 23.5 Å². The first-order valence-corrected chi connectivity index (χ1v) is 9.54. The maximum absolute atomic E-state index is 12.9. The van der Waals surface area contributed by atoms with Crippen molar-refractivity contribution in [2.24, 2.45) is 0 Å². The van der Waals surface area contributed by atoms with Crippen LogP contribution in [0, 0.1) is 13.8 Å². The first-order chi connectivity index (χ1) is 13.9. The minimum atomic E-state index is -0.454. The number of amides is 2. The maximum atomic E-state index is 12.9. The van der Waals surface area contributed by atoms with Crippen LogP contribution in [0.2, 0.25) is 0 Å². The van der Waals surface area contributed by atoms with Gasteiger partial charge in [-0.05, 0) is 31.5 Å². The molecule has 0 atom stereocenters. The number of anilines is 1. The van der Waals surface area contributed by atoms with Crippen LogP contribution in [0.4, 0.5) is 5.69 Å². The minimum absolute atomic E-state index is 0.0745. The Bertz CT molecular complexity index is 899. The van der Waals surface area contributed by atoms with E-state index in [1.54, 1.807) is 18.7 Å². The van der Waals surface area contributed by atoms with E-state index in [0.29, 0.717) is 48.7 Å². The number of carbonyl (C=O) groups excluding carboxylic acids is 3. The number of aromatic nitrogens is 1. The number of esters is 1. The number of aromatic amines is 1. The van der Waals surface area contributed by atoms with Gasteiger partial charge in [0.2, 0.25) is 5.91 Å². The van der Waals surface area contributed by atoms with Gasteiger partial charge in [0.15, 0.2) is 0 Å². The van der Waals surface area contributed by atoms with Crippen molar-refractivity contribution in [2.75, 3.05) is 45.2 Å². The number of ether oxygens (including phenoxy) is 1. The van der Waals surface area contributed by atoms with Crippen LogP contribution in [0.1, 0.15) is 32.1 Å². The third-order valence-electron chi connectivity index (χ3n) is 5.13. The molecule has 154 valence electrons. The summed E-state index contributed by atoms with van der Waals surface area (Å²) in [6, 6.07) is 9.33. The molecule has 3 rings (SSSR count). The highest BCUT2D eigenvalue weighted by molar-refractivity contribution is 6.00. The lowest BCUT2D eigenvalue weighted by Gasteiger charge is -2.34. The predicted molar refractivity (Wildman–Crippen MR) is 109 cm³/mol. The Hall–Kier alpha value is -3.13. The topological polar surface area (TPSA) is 94.7 Å². The molecule has 0 saturated carbocycles. The van der Waals surface area contributed by atoms with E-state index < -0.39 is 5.97 Å². The largest absolute Gasteiger partial charge is 0.465 e. The maximum Gasteiger partial charge on any atom is 0.339 e. The van der Waals surface area contributed by atoms with Gasteiger partial charge in [0.25, 0.3) is 5.91 Å². The fraction of sp³-hybridized carbons (Fsp3) is 0.381. The predicted octanol–water partition coefficient (Wildman–Crippen LogP) is 1.81. The van der Waals surface area contributed by atoms with Gasteiger partial charge in [-0.15, -0.1) is 0 Å². The fourth-order valence-corrected chi connectivity index (χ4v) is 3.56. The summed E-state index contributed by atoms with van der Waals surface area (Å²) in [7, 11) is 1.32. The summed E-state index contributed by atoms with van der Waals surface area (Å²) in [6.45, 7) is 6.02. The molecular formula is C21H26N4O4. The van der Waals surface area contributed by atoms with Crippen LogP contribution in [-0.2, 0) is 9.53 Å². The molecule has 8 nitrogen and oxygen atoms in total. The van der Waals surface area contributed by atoms with E-state index in [1.807, 2.05) is 35.2 Å². The van der Waals surface area contributed by atoms with Gasteiger partial charge in [-0.25, -0.2) is 4.79 Å².